The summed E-state index contributed by atoms with van der Waals surface area (Å²) >= 11 is 16.5. The van der Waals surface area contributed by atoms with E-state index >= 15 is 0 Å². The second-order valence-electron chi connectivity index (χ2n) is 6.80. The third-order valence-corrected chi connectivity index (χ3v) is 5.41. The number of carbonyl (C=O) groups is 4. The van der Waals surface area contributed by atoms with Crippen LogP contribution in [0.15, 0.2) is 0 Å². The molecule has 1 aliphatic heterocycles. The molecule has 6 atom stereocenters. The van der Waals surface area contributed by atoms with Gasteiger partial charge in [-0.15, -0.1) is 0 Å². The zero-order valence-corrected chi connectivity index (χ0v) is 18.4. The smallest absolute Gasteiger partial charge is 0.265 e. The summed E-state index contributed by atoms with van der Waals surface area (Å²) in [6.45, 7) is 2.74. The normalized spacial score (nSPS) is 35.3. The third kappa shape index (κ3) is 3.78. The molecule has 0 aromatic rings. The van der Waals surface area contributed by atoms with Gasteiger partial charge in [-0.25, -0.2) is 0 Å². The number of ketones is 4. The Morgan fingerprint density at radius 3 is 1.70 bits per heavy atom. The number of rotatable bonds is 6. The lowest BCUT2D eigenvalue weighted by Gasteiger charge is -2.57. The number of carbonyl (C=O) groups excluding carboxylic acids is 4. The van der Waals surface area contributed by atoms with Gasteiger partial charge in [0.05, 0.1) is 0 Å². The van der Waals surface area contributed by atoms with E-state index in [4.69, 9.17) is 49.7 Å². The number of Topliss-reactive ketones (excluding diaryl/α,β-unsaturated/α-hetero) is 4. The first-order chi connectivity index (χ1) is 13.3. The minimum atomic E-state index is -3.71. The van der Waals surface area contributed by atoms with E-state index < -0.39 is 68.1 Å². The van der Waals surface area contributed by atoms with Gasteiger partial charge >= 0.3 is 0 Å². The molecule has 0 saturated carbocycles. The molecule has 11 nitrogen and oxygen atoms in total. The zero-order chi connectivity index (χ0) is 24.0. The van der Waals surface area contributed by atoms with Gasteiger partial charge in [-0.05, 0) is 27.7 Å². The zero-order valence-electron chi connectivity index (χ0n) is 16.1. The fourth-order valence-corrected chi connectivity index (χ4v) is 3.35. The predicted octanol–water partition coefficient (Wildman–Crippen LogP) is -1.01. The van der Waals surface area contributed by atoms with E-state index in [1.807, 2.05) is 0 Å². The Kier molecular flexibility index (Phi) is 7.52. The molecular weight excluding hydrogens is 473 g/mol. The molecule has 0 bridgehead atoms. The molecule has 1 aliphatic rings. The van der Waals surface area contributed by atoms with Crippen LogP contribution in [0, 0.1) is 5.41 Å². The number of ether oxygens (including phenoxy) is 2. The van der Waals surface area contributed by atoms with Crippen molar-refractivity contribution in [1.82, 2.24) is 0 Å². The monoisotopic (exact) mass is 491 g/mol. The molecule has 30 heavy (non-hydrogen) atoms. The lowest BCUT2D eigenvalue weighted by atomic mass is 9.60. The van der Waals surface area contributed by atoms with Crippen LogP contribution in [0.1, 0.15) is 27.7 Å². The summed E-state index contributed by atoms with van der Waals surface area (Å²) in [6.07, 6.45) is -7.37. The van der Waals surface area contributed by atoms with E-state index in [1.54, 1.807) is 0 Å². The maximum Gasteiger partial charge on any atom is 0.265 e. The molecule has 0 amide bonds. The van der Waals surface area contributed by atoms with E-state index in [1.165, 1.54) is 0 Å². The molecule has 1 saturated heterocycles. The highest BCUT2D eigenvalue weighted by atomic mass is 35.6. The summed E-state index contributed by atoms with van der Waals surface area (Å²) in [5.74, 6) is -6.78. The van der Waals surface area contributed by atoms with Gasteiger partial charge in [0.2, 0.25) is 23.4 Å². The van der Waals surface area contributed by atoms with E-state index in [9.17, 15) is 39.6 Å². The van der Waals surface area contributed by atoms with Crippen LogP contribution < -0.4 is 0 Å². The second kappa shape index (κ2) is 8.40. The Bertz CT molecular complexity index is 799. The van der Waals surface area contributed by atoms with Crippen LogP contribution >= 0.6 is 34.8 Å². The lowest BCUT2D eigenvalue weighted by Crippen LogP contribution is -2.87. The van der Waals surface area contributed by atoms with Crippen molar-refractivity contribution in [3.8, 4) is 0 Å². The van der Waals surface area contributed by atoms with Crippen LogP contribution in [0.4, 0.5) is 0 Å². The van der Waals surface area contributed by atoms with Crippen molar-refractivity contribution in [1.29, 1.82) is 5.41 Å². The van der Waals surface area contributed by atoms with Crippen LogP contribution in [0.2, 0.25) is 0 Å². The van der Waals surface area contributed by atoms with Gasteiger partial charge in [-0.3, -0.25) is 24.6 Å². The van der Waals surface area contributed by atoms with Crippen molar-refractivity contribution in [2.45, 2.75) is 66.8 Å². The van der Waals surface area contributed by atoms with E-state index in [0.717, 1.165) is 6.92 Å². The summed E-state index contributed by atoms with van der Waals surface area (Å²) in [5, 5.41) is 51.1. The minimum absolute atomic E-state index is 0.613. The molecule has 0 aromatic heterocycles. The number of halogens is 3. The van der Waals surface area contributed by atoms with Gasteiger partial charge in [0.1, 0.15) is 12.2 Å². The molecule has 0 aromatic carbocycles. The Balaban J connectivity index is 3.94. The van der Waals surface area contributed by atoms with Crippen molar-refractivity contribution in [3.05, 3.63) is 0 Å². The standard InChI is InChI=1S/C16H20Cl3NO10/c1-5(21)9(25)10-13(26,6(2)22)15(28,8(4)24)14(27,7(3)23)12(29-10)30-11(20)16(17,18)19/h9-10,12,20,25-28H,1-4H3/t9?,10-,12+,13-,14+,15+/m1/s1. The van der Waals surface area contributed by atoms with Gasteiger partial charge in [0.25, 0.3) is 3.79 Å². The molecule has 0 aliphatic carbocycles. The minimum Gasteiger partial charge on any atom is -0.444 e. The average Bonchev–Trinajstić information content (AvgIpc) is 2.59. The van der Waals surface area contributed by atoms with Gasteiger partial charge in [0.15, 0.2) is 28.7 Å². The molecule has 1 fully saturated rings. The van der Waals surface area contributed by atoms with Gasteiger partial charge in [-0.1, -0.05) is 34.8 Å². The Morgan fingerprint density at radius 2 is 1.40 bits per heavy atom. The highest BCUT2D eigenvalue weighted by Crippen LogP contribution is 2.48. The van der Waals surface area contributed by atoms with Crippen molar-refractivity contribution in [2.24, 2.45) is 0 Å². The number of hydrogen-bond acceptors (Lipinski definition) is 11. The molecule has 14 heteroatoms. The van der Waals surface area contributed by atoms with E-state index in [0.29, 0.717) is 20.8 Å². The van der Waals surface area contributed by atoms with Gasteiger partial charge < -0.3 is 29.9 Å². The lowest BCUT2D eigenvalue weighted by molar-refractivity contribution is -0.360. The van der Waals surface area contributed by atoms with Crippen molar-refractivity contribution < 1.29 is 49.1 Å². The van der Waals surface area contributed by atoms with Crippen LogP contribution in [0.5, 0.6) is 0 Å². The van der Waals surface area contributed by atoms with Crippen LogP contribution in [0.25, 0.3) is 0 Å². The first kappa shape index (κ1) is 26.9. The quantitative estimate of drug-likeness (QED) is 0.174. The highest BCUT2D eigenvalue weighted by molar-refractivity contribution is 6.76. The van der Waals surface area contributed by atoms with Crippen molar-refractivity contribution in [3.63, 3.8) is 0 Å². The molecule has 0 radical (unpaired) electrons. The predicted molar refractivity (Wildman–Crippen MR) is 101 cm³/mol. The van der Waals surface area contributed by atoms with Gasteiger partial charge in [0, 0.05) is 0 Å². The fraction of sp³-hybridized carbons (Fsp3) is 0.688. The van der Waals surface area contributed by atoms with E-state index in [2.05, 4.69) is 0 Å². The molecule has 1 rings (SSSR count). The SMILES string of the molecule is CC(=O)C(O)[C@H]1O[C@@H](OC(=N)C(Cl)(Cl)Cl)[C@@](O)(C(C)=O)[C@](O)(C(C)=O)[C@@]1(O)C(C)=O. The fourth-order valence-electron chi connectivity index (χ4n) is 3.21. The van der Waals surface area contributed by atoms with Crippen LogP contribution in [-0.2, 0) is 28.7 Å². The molecule has 5 N–H and O–H groups in total. The topological polar surface area (TPSA) is 192 Å². The average molecular weight is 493 g/mol. The summed E-state index contributed by atoms with van der Waals surface area (Å²) < 4.78 is 7.39. The van der Waals surface area contributed by atoms with Crippen molar-refractivity contribution in [2.75, 3.05) is 0 Å². The van der Waals surface area contributed by atoms with Gasteiger partial charge in [-0.2, -0.15) is 0 Å². The third-order valence-electron chi connectivity index (χ3n) is 4.89. The first-order valence-corrected chi connectivity index (χ1v) is 9.31. The molecule has 1 heterocycles. The Morgan fingerprint density at radius 1 is 0.967 bits per heavy atom. The number of nitrogens with one attached hydrogen (secondary N) is 1. The molecule has 1 unspecified atom stereocenters. The molecule has 0 spiro atoms. The Labute approximate surface area is 185 Å². The van der Waals surface area contributed by atoms with Crippen LogP contribution in [-0.4, -0.2) is 88.6 Å². The Hall–Kier alpha value is -1.18. The molecular formula is C16H20Cl3NO10. The summed E-state index contributed by atoms with van der Waals surface area (Å²) in [4.78, 5) is 48.9. The maximum absolute atomic E-state index is 12.4. The maximum atomic E-state index is 12.4. The summed E-state index contributed by atoms with van der Waals surface area (Å²) in [6, 6.07) is 0. The second-order valence-corrected chi connectivity index (χ2v) is 9.08. The largest absolute Gasteiger partial charge is 0.444 e. The number of aliphatic hydroxyl groups is 4. The number of aliphatic hydroxyl groups excluding tert-OH is 1. The first-order valence-electron chi connectivity index (χ1n) is 8.17. The number of hydrogen-bond donors (Lipinski definition) is 5. The van der Waals surface area contributed by atoms with Crippen LogP contribution in [0.3, 0.4) is 0 Å². The summed E-state index contributed by atoms with van der Waals surface area (Å²) in [5.41, 5.74) is -10.8. The highest BCUT2D eigenvalue weighted by Gasteiger charge is 2.80. The summed E-state index contributed by atoms with van der Waals surface area (Å²) in [7, 11) is 0. The van der Waals surface area contributed by atoms with E-state index in [-0.39, 0.29) is 0 Å². The number of alkyl halides is 3. The molecule has 170 valence electrons. The van der Waals surface area contributed by atoms with Crippen molar-refractivity contribution >= 4 is 63.8 Å².